The van der Waals surface area contributed by atoms with Crippen LogP contribution in [-0.2, 0) is 9.47 Å². The molecule has 1 aliphatic heterocycles. The summed E-state index contributed by atoms with van der Waals surface area (Å²) in [4.78, 5) is 0. The van der Waals surface area contributed by atoms with E-state index in [1.54, 1.807) is 0 Å². The van der Waals surface area contributed by atoms with Gasteiger partial charge in [0.25, 0.3) is 0 Å². The van der Waals surface area contributed by atoms with Gasteiger partial charge in [-0.05, 0) is 37.6 Å². The Bertz CT molecular complexity index is 595. The minimum Gasteiger partial charge on any atom is -0.348 e. The van der Waals surface area contributed by atoms with Crippen molar-refractivity contribution in [2.24, 2.45) is 5.11 Å². The van der Waals surface area contributed by atoms with E-state index in [4.69, 9.17) is 38.2 Å². The highest BCUT2D eigenvalue weighted by Crippen LogP contribution is 2.48. The first-order valence-electron chi connectivity index (χ1n) is 8.30. The summed E-state index contributed by atoms with van der Waals surface area (Å²) < 4.78 is 11.6. The molecular formula is C17H23Cl2N3O2. The van der Waals surface area contributed by atoms with E-state index in [0.717, 1.165) is 37.8 Å². The summed E-state index contributed by atoms with van der Waals surface area (Å²) >= 11 is 12.3. The molecule has 1 spiro atoms. The van der Waals surface area contributed by atoms with E-state index in [1.165, 1.54) is 0 Å². The van der Waals surface area contributed by atoms with E-state index < -0.39 is 11.3 Å². The molecule has 1 heterocycles. The zero-order chi connectivity index (χ0) is 17.2. The predicted molar refractivity (Wildman–Crippen MR) is 94.1 cm³/mol. The lowest BCUT2D eigenvalue weighted by Gasteiger charge is -2.44. The zero-order valence-electron chi connectivity index (χ0n) is 13.8. The fraction of sp³-hybridized carbons (Fsp3) is 0.647. The Balaban J connectivity index is 1.87. The molecule has 2 fully saturated rings. The van der Waals surface area contributed by atoms with Gasteiger partial charge in [0.15, 0.2) is 5.79 Å². The Labute approximate surface area is 152 Å². The van der Waals surface area contributed by atoms with Gasteiger partial charge < -0.3 is 14.8 Å². The van der Waals surface area contributed by atoms with Gasteiger partial charge in [-0.15, -0.1) is 0 Å². The summed E-state index contributed by atoms with van der Waals surface area (Å²) in [5.74, 6) is -0.413. The van der Waals surface area contributed by atoms with Crippen molar-refractivity contribution in [1.82, 2.24) is 5.32 Å². The summed E-state index contributed by atoms with van der Waals surface area (Å²) in [7, 11) is 1.91. The molecule has 1 aromatic rings. The topological polar surface area (TPSA) is 66.7 Å². The van der Waals surface area contributed by atoms with Gasteiger partial charge in [0, 0.05) is 25.3 Å². The summed E-state index contributed by atoms with van der Waals surface area (Å²) in [5, 5.41) is 8.41. The zero-order valence-corrected chi connectivity index (χ0v) is 15.3. The Morgan fingerprint density at radius 2 is 1.83 bits per heavy atom. The summed E-state index contributed by atoms with van der Waals surface area (Å²) in [6.45, 7) is 2.02. The average Bonchev–Trinajstić information content (AvgIpc) is 3.05. The summed E-state index contributed by atoms with van der Waals surface area (Å²) in [6, 6.07) is 5.69. The molecule has 1 atom stereocenters. The molecule has 0 aromatic heterocycles. The highest BCUT2D eigenvalue weighted by atomic mass is 35.5. The van der Waals surface area contributed by atoms with Gasteiger partial charge >= 0.3 is 0 Å². The van der Waals surface area contributed by atoms with Crippen molar-refractivity contribution in [3.05, 3.63) is 33.8 Å². The highest BCUT2D eigenvalue weighted by molar-refractivity contribution is 6.42. The van der Waals surface area contributed by atoms with Crippen LogP contribution in [0.25, 0.3) is 0 Å². The van der Waals surface area contributed by atoms with Crippen LogP contribution in [0.2, 0.25) is 10.0 Å². The van der Waals surface area contributed by atoms with Crippen LogP contribution < -0.4 is 5.32 Å². The van der Waals surface area contributed by atoms with Crippen LogP contribution >= 0.6 is 23.2 Å². The molecule has 1 aliphatic carbocycles. The lowest BCUT2D eigenvalue weighted by molar-refractivity contribution is -0.185. The Hall–Kier alpha value is -0.720. The smallest absolute Gasteiger partial charge is 0.168 e. The second-order valence-electron chi connectivity index (χ2n) is 6.61. The van der Waals surface area contributed by atoms with Crippen LogP contribution in [0.5, 0.6) is 0 Å². The van der Waals surface area contributed by atoms with Gasteiger partial charge in [-0.25, -0.2) is 5.53 Å². The quantitative estimate of drug-likeness (QED) is 0.754. The first kappa shape index (κ1) is 18.1. The average molecular weight is 372 g/mol. The molecule has 0 radical (unpaired) electrons. The fourth-order valence-corrected chi connectivity index (χ4v) is 4.25. The van der Waals surface area contributed by atoms with Crippen molar-refractivity contribution in [3.63, 3.8) is 0 Å². The standard InChI is InChI=1S/C17H23Cl2N3O2/c1-21-11-13(12-2-3-14(18)15(19)10-12)16(22-20)4-6-17(7-5-16)23-8-9-24-17/h2-3,10,13,20-21H,4-9,11H2,1H3. The highest BCUT2D eigenvalue weighted by Gasteiger charge is 2.50. The third-order valence-electron chi connectivity index (χ3n) is 5.32. The summed E-state index contributed by atoms with van der Waals surface area (Å²) in [5.41, 5.74) is 8.50. The number of ether oxygens (including phenoxy) is 2. The minimum absolute atomic E-state index is 0.0496. The summed E-state index contributed by atoms with van der Waals surface area (Å²) in [6.07, 6.45) is 3.03. The normalized spacial score (nSPS) is 23.3. The largest absolute Gasteiger partial charge is 0.348 e. The van der Waals surface area contributed by atoms with E-state index in [2.05, 4.69) is 10.4 Å². The molecule has 0 bridgehead atoms. The molecule has 3 rings (SSSR count). The van der Waals surface area contributed by atoms with Gasteiger partial charge in [-0.2, -0.15) is 5.11 Å². The predicted octanol–water partition coefficient (Wildman–Crippen LogP) is 4.38. The van der Waals surface area contributed by atoms with Gasteiger partial charge in [0.05, 0.1) is 28.8 Å². The monoisotopic (exact) mass is 371 g/mol. The van der Waals surface area contributed by atoms with Crippen LogP contribution in [0.4, 0.5) is 0 Å². The first-order valence-corrected chi connectivity index (χ1v) is 9.06. The number of rotatable bonds is 5. The first-order chi connectivity index (χ1) is 11.5. The van der Waals surface area contributed by atoms with Crippen molar-refractivity contribution in [1.29, 1.82) is 5.53 Å². The van der Waals surface area contributed by atoms with Crippen LogP contribution in [-0.4, -0.2) is 38.1 Å². The van der Waals surface area contributed by atoms with Crippen LogP contribution in [0.1, 0.15) is 37.2 Å². The number of benzene rings is 1. The van der Waals surface area contributed by atoms with Gasteiger partial charge in [0.1, 0.15) is 0 Å². The van der Waals surface area contributed by atoms with Crippen molar-refractivity contribution in [2.45, 2.75) is 42.9 Å². The van der Waals surface area contributed by atoms with Crippen molar-refractivity contribution >= 4 is 23.2 Å². The van der Waals surface area contributed by atoms with Crippen molar-refractivity contribution in [2.75, 3.05) is 26.8 Å². The Morgan fingerprint density at radius 3 is 2.38 bits per heavy atom. The molecule has 2 N–H and O–H groups in total. The SMILES string of the molecule is CNCC(c1ccc(Cl)c(Cl)c1)C1(N=N)CCC2(CC1)OCCO2. The molecule has 1 aromatic carbocycles. The maximum atomic E-state index is 7.91. The number of likely N-dealkylation sites (N-methyl/N-ethyl adjacent to an activating group) is 1. The van der Waals surface area contributed by atoms with Crippen LogP contribution in [0.3, 0.4) is 0 Å². The van der Waals surface area contributed by atoms with E-state index in [-0.39, 0.29) is 5.92 Å². The molecule has 0 amide bonds. The molecule has 1 unspecified atom stereocenters. The second-order valence-corrected chi connectivity index (χ2v) is 7.42. The van der Waals surface area contributed by atoms with Crippen molar-refractivity contribution < 1.29 is 9.47 Å². The van der Waals surface area contributed by atoms with Gasteiger partial charge in [-0.1, -0.05) is 29.3 Å². The number of halogens is 2. The number of hydrogen-bond donors (Lipinski definition) is 2. The molecule has 2 aliphatic rings. The Kier molecular flexibility index (Phi) is 5.47. The van der Waals surface area contributed by atoms with Crippen LogP contribution in [0.15, 0.2) is 23.3 Å². The third-order valence-corrected chi connectivity index (χ3v) is 6.06. The van der Waals surface area contributed by atoms with Gasteiger partial charge in [0.2, 0.25) is 0 Å². The fourth-order valence-electron chi connectivity index (χ4n) is 3.94. The second kappa shape index (κ2) is 7.26. The third kappa shape index (κ3) is 3.33. The molecule has 132 valence electrons. The number of hydrogen-bond acceptors (Lipinski definition) is 5. The molecule has 5 nitrogen and oxygen atoms in total. The molecule has 24 heavy (non-hydrogen) atoms. The maximum absolute atomic E-state index is 7.91. The maximum Gasteiger partial charge on any atom is 0.168 e. The molecule has 1 saturated heterocycles. The minimum atomic E-state index is -0.471. The number of nitrogens with zero attached hydrogens (tertiary/aromatic N) is 1. The van der Waals surface area contributed by atoms with E-state index in [9.17, 15) is 0 Å². The van der Waals surface area contributed by atoms with E-state index in [0.29, 0.717) is 23.3 Å². The van der Waals surface area contributed by atoms with Gasteiger partial charge in [-0.3, -0.25) is 0 Å². The van der Waals surface area contributed by atoms with E-state index in [1.807, 2.05) is 25.2 Å². The molecular weight excluding hydrogens is 349 g/mol. The lowest BCUT2D eigenvalue weighted by Crippen LogP contribution is -2.47. The molecule has 7 heteroatoms. The lowest BCUT2D eigenvalue weighted by atomic mass is 9.69. The Morgan fingerprint density at radius 1 is 1.17 bits per heavy atom. The number of nitrogens with one attached hydrogen (secondary N) is 2. The van der Waals surface area contributed by atoms with E-state index >= 15 is 0 Å². The van der Waals surface area contributed by atoms with Crippen molar-refractivity contribution in [3.8, 4) is 0 Å². The molecule has 1 saturated carbocycles. The van der Waals surface area contributed by atoms with Crippen LogP contribution in [0, 0.1) is 5.53 Å².